The zero-order valence-corrected chi connectivity index (χ0v) is 22.0. The van der Waals surface area contributed by atoms with E-state index >= 15 is 0 Å². The van der Waals surface area contributed by atoms with E-state index in [2.05, 4.69) is 6.92 Å². The van der Waals surface area contributed by atoms with Gasteiger partial charge in [-0.15, -0.1) is 0 Å². The second-order valence-corrected chi connectivity index (χ2v) is 13.2. The molecule has 0 aromatic heterocycles. The van der Waals surface area contributed by atoms with Crippen LogP contribution in [0.4, 0.5) is 0 Å². The van der Waals surface area contributed by atoms with Crippen LogP contribution in [0, 0.1) is 11.8 Å². The van der Waals surface area contributed by atoms with Gasteiger partial charge in [-0.1, -0.05) is 78.1 Å². The van der Waals surface area contributed by atoms with E-state index in [9.17, 15) is 21.4 Å². The molecule has 0 spiro atoms. The third-order valence-corrected chi connectivity index (χ3v) is 8.70. The van der Waals surface area contributed by atoms with E-state index in [1.54, 1.807) is 0 Å². The molecule has 1 rings (SSSR count). The van der Waals surface area contributed by atoms with Gasteiger partial charge in [0.1, 0.15) is 0 Å². The summed E-state index contributed by atoms with van der Waals surface area (Å²) < 4.78 is 64.1. The maximum atomic E-state index is 11.4. The topological polar surface area (TPSA) is 109 Å². The Morgan fingerprint density at radius 3 is 1.62 bits per heavy atom. The molecule has 192 valence electrons. The van der Waals surface area contributed by atoms with Crippen molar-refractivity contribution in [1.29, 1.82) is 0 Å². The van der Waals surface area contributed by atoms with Gasteiger partial charge in [0.25, 0.3) is 20.2 Å². The summed E-state index contributed by atoms with van der Waals surface area (Å²) in [6.45, 7) is 7.21. The standard InChI is InChI=1S/C23H47NO6S2/c1-3-4-5-6-7-8-9-10-11-12-13-14-16-24(17-15-18-31(25,26)27)19-22(2)23(20-24)21-32(28,29)30/h22-23H,3-21H2,1-2H3,(H-,25,26,27,28,29,30)/p+1. The van der Waals surface area contributed by atoms with E-state index in [-0.39, 0.29) is 23.3 Å². The maximum Gasteiger partial charge on any atom is 0.265 e. The molecule has 0 radical (unpaired) electrons. The van der Waals surface area contributed by atoms with Crippen LogP contribution in [0.1, 0.15) is 97.3 Å². The molecule has 1 heterocycles. The lowest BCUT2D eigenvalue weighted by Crippen LogP contribution is -2.48. The number of hydrogen-bond acceptors (Lipinski definition) is 4. The summed E-state index contributed by atoms with van der Waals surface area (Å²) >= 11 is 0. The normalized spacial score (nSPS) is 24.2. The SMILES string of the molecule is CCCCCCCCCCCCCC[N+]1(CCCS(=O)(=O)O)CC(C)C(CS(=O)(=O)O)C1. The first-order valence-corrected chi connectivity index (χ1v) is 15.9. The number of rotatable bonds is 19. The largest absolute Gasteiger partial charge is 0.323 e. The molecule has 0 amide bonds. The summed E-state index contributed by atoms with van der Waals surface area (Å²) in [6, 6.07) is 0. The van der Waals surface area contributed by atoms with Crippen molar-refractivity contribution in [2.24, 2.45) is 11.8 Å². The lowest BCUT2D eigenvalue weighted by Gasteiger charge is -2.35. The molecule has 0 aromatic rings. The summed E-state index contributed by atoms with van der Waals surface area (Å²) in [5.74, 6) is -0.457. The molecule has 0 bridgehead atoms. The van der Waals surface area contributed by atoms with Crippen molar-refractivity contribution >= 4 is 20.2 Å². The van der Waals surface area contributed by atoms with Crippen LogP contribution in [0.15, 0.2) is 0 Å². The number of nitrogens with zero attached hydrogens (tertiary/aromatic N) is 1. The van der Waals surface area contributed by atoms with Crippen LogP contribution < -0.4 is 0 Å². The summed E-state index contributed by atoms with van der Waals surface area (Å²) in [4.78, 5) is 0. The van der Waals surface area contributed by atoms with Gasteiger partial charge in [-0.2, -0.15) is 16.8 Å². The van der Waals surface area contributed by atoms with Gasteiger partial charge in [-0.25, -0.2) is 0 Å². The van der Waals surface area contributed by atoms with Crippen LogP contribution in [0.25, 0.3) is 0 Å². The Kier molecular flexibility index (Phi) is 13.9. The van der Waals surface area contributed by atoms with Crippen molar-refractivity contribution in [3.05, 3.63) is 0 Å². The second kappa shape index (κ2) is 14.9. The summed E-state index contributed by atoms with van der Waals surface area (Å²) in [5, 5.41) is 0. The molecule has 1 aliphatic rings. The minimum Gasteiger partial charge on any atom is -0.323 e. The third-order valence-electron chi connectivity index (χ3n) is 7.05. The minimum atomic E-state index is -4.03. The Labute approximate surface area is 197 Å². The van der Waals surface area contributed by atoms with Crippen molar-refractivity contribution < 1.29 is 30.4 Å². The highest BCUT2D eigenvalue weighted by Crippen LogP contribution is 2.32. The van der Waals surface area contributed by atoms with Gasteiger partial charge in [0.05, 0.1) is 37.7 Å². The van der Waals surface area contributed by atoms with Crippen LogP contribution in [-0.4, -0.2) is 68.1 Å². The van der Waals surface area contributed by atoms with Gasteiger partial charge in [0, 0.05) is 18.3 Å². The Balaban J connectivity index is 2.37. The molecule has 1 aliphatic heterocycles. The highest BCUT2D eigenvalue weighted by Gasteiger charge is 2.44. The van der Waals surface area contributed by atoms with Gasteiger partial charge in [0.2, 0.25) is 0 Å². The van der Waals surface area contributed by atoms with Crippen LogP contribution in [0.5, 0.6) is 0 Å². The van der Waals surface area contributed by atoms with Crippen molar-refractivity contribution in [3.8, 4) is 0 Å². The van der Waals surface area contributed by atoms with Crippen molar-refractivity contribution in [2.45, 2.75) is 97.3 Å². The molecule has 7 nitrogen and oxygen atoms in total. The lowest BCUT2D eigenvalue weighted by molar-refractivity contribution is -0.919. The molecule has 32 heavy (non-hydrogen) atoms. The first-order chi connectivity index (χ1) is 15.0. The quantitative estimate of drug-likeness (QED) is 0.148. The van der Waals surface area contributed by atoms with Gasteiger partial charge < -0.3 is 4.48 Å². The highest BCUT2D eigenvalue weighted by molar-refractivity contribution is 7.86. The van der Waals surface area contributed by atoms with E-state index in [0.29, 0.717) is 24.0 Å². The number of quaternary nitrogens is 1. The Morgan fingerprint density at radius 1 is 0.688 bits per heavy atom. The first-order valence-electron chi connectivity index (χ1n) is 12.7. The summed E-state index contributed by atoms with van der Waals surface area (Å²) in [6.07, 6.45) is 15.6. The lowest BCUT2D eigenvalue weighted by atomic mass is 10.0. The Hall–Kier alpha value is -0.220. The zero-order valence-electron chi connectivity index (χ0n) is 20.4. The Morgan fingerprint density at radius 2 is 1.16 bits per heavy atom. The monoisotopic (exact) mass is 498 g/mol. The predicted molar refractivity (Wildman–Crippen MR) is 131 cm³/mol. The molecule has 0 saturated carbocycles. The van der Waals surface area contributed by atoms with E-state index in [1.165, 1.54) is 64.2 Å². The molecule has 2 N–H and O–H groups in total. The Bertz CT molecular complexity index is 710. The van der Waals surface area contributed by atoms with E-state index in [0.717, 1.165) is 25.9 Å². The van der Waals surface area contributed by atoms with Crippen LogP contribution >= 0.6 is 0 Å². The number of hydrogen-bond donors (Lipinski definition) is 2. The zero-order chi connectivity index (χ0) is 24.1. The fourth-order valence-electron chi connectivity index (χ4n) is 5.35. The summed E-state index contributed by atoms with van der Waals surface area (Å²) in [5.41, 5.74) is 0. The average Bonchev–Trinajstić information content (AvgIpc) is 2.95. The van der Waals surface area contributed by atoms with Crippen molar-refractivity contribution in [2.75, 3.05) is 37.7 Å². The number of unbranched alkanes of at least 4 members (excludes halogenated alkanes) is 11. The minimum absolute atomic E-state index is 0.118. The molecule has 0 aromatic carbocycles. The smallest absolute Gasteiger partial charge is 0.265 e. The van der Waals surface area contributed by atoms with Crippen molar-refractivity contribution in [3.63, 3.8) is 0 Å². The van der Waals surface area contributed by atoms with E-state index in [1.807, 2.05) is 6.92 Å². The second-order valence-electron chi connectivity index (χ2n) is 10.2. The van der Waals surface area contributed by atoms with Crippen LogP contribution in [0.2, 0.25) is 0 Å². The molecular formula is C23H48NO6S2+. The van der Waals surface area contributed by atoms with Gasteiger partial charge in [-0.3, -0.25) is 9.11 Å². The van der Waals surface area contributed by atoms with Crippen LogP contribution in [0.3, 0.4) is 0 Å². The first kappa shape index (κ1) is 29.8. The summed E-state index contributed by atoms with van der Waals surface area (Å²) in [7, 11) is -8.02. The molecule has 9 heteroatoms. The van der Waals surface area contributed by atoms with Gasteiger partial charge in [0.15, 0.2) is 0 Å². The van der Waals surface area contributed by atoms with Crippen LogP contribution in [-0.2, 0) is 20.2 Å². The molecule has 3 atom stereocenters. The fraction of sp³-hybridized carbons (Fsp3) is 1.00. The molecular weight excluding hydrogens is 450 g/mol. The van der Waals surface area contributed by atoms with Gasteiger partial charge >= 0.3 is 0 Å². The fourth-order valence-corrected chi connectivity index (χ4v) is 6.82. The molecule has 0 aliphatic carbocycles. The third kappa shape index (κ3) is 14.1. The predicted octanol–water partition coefficient (Wildman–Crippen LogP) is 4.94. The molecule has 3 unspecified atom stereocenters. The molecule has 1 fully saturated rings. The average molecular weight is 499 g/mol. The van der Waals surface area contributed by atoms with E-state index < -0.39 is 20.2 Å². The van der Waals surface area contributed by atoms with Crippen molar-refractivity contribution in [1.82, 2.24) is 0 Å². The maximum absolute atomic E-state index is 11.4. The highest BCUT2D eigenvalue weighted by atomic mass is 32.2. The van der Waals surface area contributed by atoms with Gasteiger partial charge in [-0.05, 0) is 12.8 Å². The van der Waals surface area contributed by atoms with E-state index in [4.69, 9.17) is 4.55 Å². The number of likely N-dealkylation sites (tertiary alicyclic amines) is 1. The molecule has 1 saturated heterocycles.